The highest BCUT2D eigenvalue weighted by Gasteiger charge is 2.43. The van der Waals surface area contributed by atoms with Crippen molar-refractivity contribution in [3.8, 4) is 23.0 Å². The van der Waals surface area contributed by atoms with Gasteiger partial charge >= 0.3 is 12.1 Å². The van der Waals surface area contributed by atoms with E-state index >= 15 is 0 Å². The second-order valence-electron chi connectivity index (χ2n) is 9.35. The van der Waals surface area contributed by atoms with E-state index in [2.05, 4.69) is 20.2 Å². The summed E-state index contributed by atoms with van der Waals surface area (Å²) < 4.78 is 50.9. The van der Waals surface area contributed by atoms with Crippen molar-refractivity contribution in [3.05, 3.63) is 41.2 Å². The van der Waals surface area contributed by atoms with Gasteiger partial charge in [0.1, 0.15) is 5.56 Å². The number of carboxylic acid groups (broad SMARTS) is 1. The van der Waals surface area contributed by atoms with Gasteiger partial charge in [0.15, 0.2) is 11.5 Å². The lowest BCUT2D eigenvalue weighted by atomic mass is 9.94. The van der Waals surface area contributed by atoms with Crippen LogP contribution in [0.15, 0.2) is 33.3 Å². The Morgan fingerprint density at radius 3 is 2.56 bits per heavy atom. The molecule has 2 aromatic heterocycles. The van der Waals surface area contributed by atoms with E-state index in [-0.39, 0.29) is 23.9 Å². The van der Waals surface area contributed by atoms with Gasteiger partial charge in [0.05, 0.1) is 6.10 Å². The lowest BCUT2D eigenvalue weighted by molar-refractivity contribution is -0.139. The maximum Gasteiger partial charge on any atom is 0.422 e. The fraction of sp³-hybridized carbons (Fsp3) is 0.500. The topological polar surface area (TPSA) is 126 Å². The number of aliphatic hydroxyl groups is 1. The molecular formula is C24H27F3N4O5. The largest absolute Gasteiger partial charge is 0.481 e. The SMILES string of the molecule is CC(C)c1onc(-c2nc(-c3ccc(C(O)CN4CCCC(CC(=O)O)C4)cc3)no2)c1C(F)(F)F. The van der Waals surface area contributed by atoms with Gasteiger partial charge in [-0.1, -0.05) is 48.4 Å². The van der Waals surface area contributed by atoms with Gasteiger partial charge in [-0.05, 0) is 30.9 Å². The fourth-order valence-corrected chi connectivity index (χ4v) is 4.49. The van der Waals surface area contributed by atoms with E-state index < -0.39 is 41.3 Å². The monoisotopic (exact) mass is 508 g/mol. The summed E-state index contributed by atoms with van der Waals surface area (Å²) in [6.45, 7) is 4.90. The number of carboxylic acids is 1. The third-order valence-electron chi connectivity index (χ3n) is 6.21. The minimum Gasteiger partial charge on any atom is -0.481 e. The highest BCUT2D eigenvalue weighted by molar-refractivity contribution is 5.67. The number of piperidine rings is 1. The number of carbonyl (C=O) groups is 1. The number of alkyl halides is 3. The standard InChI is InChI=1S/C24H27F3N4O5/c1-13(2)21-19(24(25,26)27)20(29-35-21)23-28-22(30-36-23)16-7-5-15(6-8-16)17(32)12-31-9-3-4-14(11-31)10-18(33)34/h5-8,13-14,17,32H,3-4,9-12H2,1-2H3,(H,33,34). The van der Waals surface area contributed by atoms with Crippen LogP contribution in [0.4, 0.5) is 13.2 Å². The summed E-state index contributed by atoms with van der Waals surface area (Å²) in [7, 11) is 0. The quantitative estimate of drug-likeness (QED) is 0.443. The molecule has 12 heteroatoms. The van der Waals surface area contributed by atoms with Gasteiger partial charge in [-0.3, -0.25) is 4.79 Å². The first kappa shape index (κ1) is 25.8. The molecule has 0 amide bonds. The van der Waals surface area contributed by atoms with Crippen LogP contribution in [0.2, 0.25) is 0 Å². The second kappa shape index (κ2) is 10.4. The van der Waals surface area contributed by atoms with Crippen molar-refractivity contribution in [2.45, 2.75) is 51.3 Å². The predicted molar refractivity (Wildman–Crippen MR) is 121 cm³/mol. The smallest absolute Gasteiger partial charge is 0.422 e. The molecule has 194 valence electrons. The van der Waals surface area contributed by atoms with Gasteiger partial charge in [-0.2, -0.15) is 18.2 Å². The van der Waals surface area contributed by atoms with Crippen molar-refractivity contribution in [1.82, 2.24) is 20.2 Å². The zero-order valence-electron chi connectivity index (χ0n) is 19.8. The molecular weight excluding hydrogens is 481 g/mol. The van der Waals surface area contributed by atoms with E-state index in [9.17, 15) is 23.1 Å². The van der Waals surface area contributed by atoms with Crippen molar-refractivity contribution >= 4 is 5.97 Å². The van der Waals surface area contributed by atoms with Gasteiger partial charge in [0.2, 0.25) is 5.82 Å². The van der Waals surface area contributed by atoms with Crippen LogP contribution in [0.5, 0.6) is 0 Å². The molecule has 1 aromatic carbocycles. The van der Waals surface area contributed by atoms with Crippen LogP contribution in [0, 0.1) is 5.92 Å². The Hall–Kier alpha value is -3.25. The van der Waals surface area contributed by atoms with Gasteiger partial charge in [-0.15, -0.1) is 0 Å². The lowest BCUT2D eigenvalue weighted by Gasteiger charge is -2.33. The predicted octanol–water partition coefficient (Wildman–Crippen LogP) is 4.75. The van der Waals surface area contributed by atoms with Crippen molar-refractivity contribution < 1.29 is 37.2 Å². The Labute approximate surface area is 204 Å². The van der Waals surface area contributed by atoms with Gasteiger partial charge in [0, 0.05) is 31.0 Å². The molecule has 2 N–H and O–H groups in total. The summed E-state index contributed by atoms with van der Waals surface area (Å²) in [5.74, 6) is -1.94. The molecule has 0 bridgehead atoms. The molecule has 2 atom stereocenters. The molecule has 9 nitrogen and oxygen atoms in total. The van der Waals surface area contributed by atoms with Crippen molar-refractivity contribution in [1.29, 1.82) is 0 Å². The van der Waals surface area contributed by atoms with Crippen LogP contribution in [-0.4, -0.2) is 56.0 Å². The first-order valence-corrected chi connectivity index (χ1v) is 11.7. The molecule has 0 radical (unpaired) electrons. The van der Waals surface area contributed by atoms with Gasteiger partial charge < -0.3 is 24.2 Å². The van der Waals surface area contributed by atoms with E-state index in [4.69, 9.17) is 14.2 Å². The Kier molecular flexibility index (Phi) is 7.46. The number of benzene rings is 1. The van der Waals surface area contributed by atoms with Crippen LogP contribution >= 0.6 is 0 Å². The summed E-state index contributed by atoms with van der Waals surface area (Å²) in [5.41, 5.74) is -0.462. The maximum atomic E-state index is 13.6. The summed E-state index contributed by atoms with van der Waals surface area (Å²) in [4.78, 5) is 17.1. The summed E-state index contributed by atoms with van der Waals surface area (Å²) >= 11 is 0. The molecule has 3 heterocycles. The Morgan fingerprint density at radius 1 is 1.19 bits per heavy atom. The summed E-state index contributed by atoms with van der Waals surface area (Å²) in [6, 6.07) is 6.65. The Balaban J connectivity index is 1.46. The number of aliphatic carboxylic acids is 1. The number of aliphatic hydroxyl groups excluding tert-OH is 1. The van der Waals surface area contributed by atoms with Gasteiger partial charge in [-0.25, -0.2) is 0 Å². The highest BCUT2D eigenvalue weighted by Crippen LogP contribution is 2.41. The number of hydrogen-bond donors (Lipinski definition) is 2. The molecule has 1 saturated heterocycles. The third-order valence-corrected chi connectivity index (χ3v) is 6.21. The summed E-state index contributed by atoms with van der Waals surface area (Å²) in [6.07, 6.45) is -3.64. The zero-order valence-corrected chi connectivity index (χ0v) is 19.8. The Bertz CT molecular complexity index is 1190. The minimum atomic E-state index is -4.71. The molecule has 1 aliphatic heterocycles. The molecule has 0 saturated carbocycles. The zero-order chi connectivity index (χ0) is 26.0. The molecule has 0 aliphatic carbocycles. The van der Waals surface area contributed by atoms with Crippen LogP contribution in [0.3, 0.4) is 0 Å². The number of β-amino-alcohol motifs (C(OH)–C–C–N with tert-alkyl or cyclic N) is 1. The van der Waals surface area contributed by atoms with Crippen LogP contribution < -0.4 is 0 Å². The Morgan fingerprint density at radius 2 is 1.92 bits per heavy atom. The molecule has 1 aliphatic rings. The number of rotatable bonds is 8. The van der Waals surface area contributed by atoms with E-state index in [0.717, 1.165) is 19.4 Å². The first-order valence-electron chi connectivity index (χ1n) is 11.7. The van der Waals surface area contributed by atoms with E-state index in [1.54, 1.807) is 38.1 Å². The number of hydrogen-bond acceptors (Lipinski definition) is 8. The highest BCUT2D eigenvalue weighted by atomic mass is 19.4. The van der Waals surface area contributed by atoms with Crippen LogP contribution in [0.1, 0.15) is 62.0 Å². The molecule has 1 fully saturated rings. The molecule has 0 spiro atoms. The average Bonchev–Trinajstić information content (AvgIpc) is 3.46. The van der Waals surface area contributed by atoms with Crippen molar-refractivity contribution in [2.24, 2.45) is 5.92 Å². The van der Waals surface area contributed by atoms with E-state index in [1.165, 1.54) is 0 Å². The summed E-state index contributed by atoms with van der Waals surface area (Å²) in [5, 5.41) is 27.0. The van der Waals surface area contributed by atoms with Crippen molar-refractivity contribution in [3.63, 3.8) is 0 Å². The number of aromatic nitrogens is 3. The van der Waals surface area contributed by atoms with E-state index in [0.29, 0.717) is 24.2 Å². The molecule has 2 unspecified atom stereocenters. The van der Waals surface area contributed by atoms with Crippen LogP contribution in [0.25, 0.3) is 23.0 Å². The number of nitrogens with zero attached hydrogens (tertiary/aromatic N) is 4. The average molecular weight is 508 g/mol. The van der Waals surface area contributed by atoms with E-state index in [1.807, 2.05) is 0 Å². The second-order valence-corrected chi connectivity index (χ2v) is 9.35. The lowest BCUT2D eigenvalue weighted by Crippen LogP contribution is -2.38. The normalized spacial score (nSPS) is 18.0. The molecule has 36 heavy (non-hydrogen) atoms. The number of likely N-dealkylation sites (tertiary alicyclic amines) is 1. The molecule has 3 aromatic rings. The van der Waals surface area contributed by atoms with Crippen LogP contribution in [-0.2, 0) is 11.0 Å². The van der Waals surface area contributed by atoms with Crippen molar-refractivity contribution in [2.75, 3.05) is 19.6 Å². The molecule has 4 rings (SSSR count). The first-order chi connectivity index (χ1) is 17.0. The maximum absolute atomic E-state index is 13.6. The fourth-order valence-electron chi connectivity index (χ4n) is 4.49. The number of halogens is 3. The third kappa shape index (κ3) is 5.76. The minimum absolute atomic E-state index is 0.0671. The van der Waals surface area contributed by atoms with Gasteiger partial charge in [0.25, 0.3) is 5.89 Å².